The van der Waals surface area contributed by atoms with Crippen LogP contribution in [-0.4, -0.2) is 18.7 Å². The average Bonchev–Trinajstić information content (AvgIpc) is 2.02. The fourth-order valence-corrected chi connectivity index (χ4v) is 0.929. The Morgan fingerprint density at radius 3 is 2.25 bits per heavy atom. The Hall–Kier alpha value is -0.120. The standard InChI is InChI=1S/C6H6Cl3N3/c7-6(8,9)2-1-5-11-3-10-4-12-5/h3-4H,1-2H2. The number of alkyl halides is 3. The van der Waals surface area contributed by atoms with E-state index < -0.39 is 3.79 Å². The van der Waals surface area contributed by atoms with Crippen molar-refractivity contribution in [3.63, 3.8) is 0 Å². The molecule has 3 nitrogen and oxygen atoms in total. The molecule has 0 bridgehead atoms. The highest BCUT2D eigenvalue weighted by molar-refractivity contribution is 6.67. The Kier molecular flexibility index (Phi) is 3.50. The van der Waals surface area contributed by atoms with E-state index in [4.69, 9.17) is 34.8 Å². The van der Waals surface area contributed by atoms with Gasteiger partial charge in [0.1, 0.15) is 18.5 Å². The summed E-state index contributed by atoms with van der Waals surface area (Å²) in [5.41, 5.74) is 0. The van der Waals surface area contributed by atoms with Gasteiger partial charge in [-0.3, -0.25) is 0 Å². The van der Waals surface area contributed by atoms with Crippen LogP contribution in [0.15, 0.2) is 12.7 Å². The second-order valence-electron chi connectivity index (χ2n) is 2.17. The maximum atomic E-state index is 5.54. The zero-order valence-corrected chi connectivity index (χ0v) is 8.31. The predicted molar refractivity (Wildman–Crippen MR) is 48.4 cm³/mol. The lowest BCUT2D eigenvalue weighted by molar-refractivity contribution is 0.778. The summed E-state index contributed by atoms with van der Waals surface area (Å²) in [7, 11) is 0. The topological polar surface area (TPSA) is 38.7 Å². The van der Waals surface area contributed by atoms with Crippen LogP contribution in [0.3, 0.4) is 0 Å². The lowest BCUT2D eigenvalue weighted by Gasteiger charge is -2.08. The van der Waals surface area contributed by atoms with Gasteiger partial charge in [-0.05, 0) is 0 Å². The maximum absolute atomic E-state index is 5.54. The molecular formula is C6H6Cl3N3. The van der Waals surface area contributed by atoms with Crippen LogP contribution in [0.2, 0.25) is 0 Å². The van der Waals surface area contributed by atoms with Crippen molar-refractivity contribution in [2.75, 3.05) is 0 Å². The Bertz CT molecular complexity index is 234. The van der Waals surface area contributed by atoms with E-state index in [0.29, 0.717) is 18.7 Å². The number of hydrogen-bond acceptors (Lipinski definition) is 3. The minimum absolute atomic E-state index is 0.404. The summed E-state index contributed by atoms with van der Waals surface area (Å²) >= 11 is 16.6. The Balaban J connectivity index is 2.44. The quantitative estimate of drug-likeness (QED) is 0.726. The molecule has 0 unspecified atom stereocenters. The Morgan fingerprint density at radius 1 is 1.17 bits per heavy atom. The Morgan fingerprint density at radius 2 is 1.75 bits per heavy atom. The molecule has 0 aliphatic rings. The van der Waals surface area contributed by atoms with Crippen molar-refractivity contribution in [3.8, 4) is 0 Å². The molecule has 0 saturated heterocycles. The summed E-state index contributed by atoms with van der Waals surface area (Å²) in [5, 5.41) is 0. The first kappa shape index (κ1) is 9.96. The van der Waals surface area contributed by atoms with E-state index in [1.54, 1.807) is 0 Å². The average molecular weight is 226 g/mol. The zero-order chi connectivity index (χ0) is 9.03. The molecule has 0 radical (unpaired) electrons. The van der Waals surface area contributed by atoms with Crippen LogP contribution >= 0.6 is 34.8 Å². The van der Waals surface area contributed by atoms with Gasteiger partial charge in [-0.15, -0.1) is 0 Å². The summed E-state index contributed by atoms with van der Waals surface area (Å²) in [6.07, 6.45) is 3.78. The largest absolute Gasteiger partial charge is 0.225 e. The SMILES string of the molecule is ClC(Cl)(Cl)CCc1ncncn1. The highest BCUT2D eigenvalue weighted by Crippen LogP contribution is 2.30. The Labute approximate surface area is 85.1 Å². The van der Waals surface area contributed by atoms with E-state index in [9.17, 15) is 0 Å². The van der Waals surface area contributed by atoms with Crippen LogP contribution in [0.4, 0.5) is 0 Å². The van der Waals surface area contributed by atoms with Gasteiger partial charge in [0.15, 0.2) is 3.79 Å². The van der Waals surface area contributed by atoms with Gasteiger partial charge >= 0.3 is 0 Å². The van der Waals surface area contributed by atoms with Gasteiger partial charge < -0.3 is 0 Å². The van der Waals surface area contributed by atoms with Gasteiger partial charge in [0, 0.05) is 12.8 Å². The molecule has 0 fully saturated rings. The second-order valence-corrected chi connectivity index (χ2v) is 4.69. The molecule has 0 aliphatic heterocycles. The van der Waals surface area contributed by atoms with Gasteiger partial charge in [0.2, 0.25) is 0 Å². The first-order valence-electron chi connectivity index (χ1n) is 3.25. The van der Waals surface area contributed by atoms with Crippen molar-refractivity contribution >= 4 is 34.8 Å². The monoisotopic (exact) mass is 225 g/mol. The molecule has 0 N–H and O–H groups in total. The molecule has 6 heteroatoms. The molecular weight excluding hydrogens is 220 g/mol. The maximum Gasteiger partial charge on any atom is 0.191 e. The molecule has 1 rings (SSSR count). The molecule has 0 amide bonds. The van der Waals surface area contributed by atoms with Crippen LogP contribution in [0.1, 0.15) is 12.2 Å². The molecule has 12 heavy (non-hydrogen) atoms. The zero-order valence-electron chi connectivity index (χ0n) is 6.04. The molecule has 1 heterocycles. The van der Waals surface area contributed by atoms with Crippen molar-refractivity contribution in [3.05, 3.63) is 18.5 Å². The minimum atomic E-state index is -1.23. The summed E-state index contributed by atoms with van der Waals surface area (Å²) < 4.78 is -1.23. The molecule has 0 aliphatic carbocycles. The normalized spacial score (nSPS) is 11.6. The third kappa shape index (κ3) is 4.04. The van der Waals surface area contributed by atoms with Crippen molar-refractivity contribution in [1.29, 1.82) is 0 Å². The molecule has 1 aromatic rings. The van der Waals surface area contributed by atoms with Gasteiger partial charge in [-0.25, -0.2) is 15.0 Å². The van der Waals surface area contributed by atoms with Gasteiger partial charge in [-0.2, -0.15) is 0 Å². The van der Waals surface area contributed by atoms with Gasteiger partial charge in [0.25, 0.3) is 0 Å². The highest BCUT2D eigenvalue weighted by atomic mass is 35.6. The van der Waals surface area contributed by atoms with Crippen LogP contribution in [-0.2, 0) is 6.42 Å². The van der Waals surface area contributed by atoms with Crippen LogP contribution in [0.5, 0.6) is 0 Å². The number of aryl methyl sites for hydroxylation is 1. The van der Waals surface area contributed by atoms with Crippen molar-refractivity contribution in [2.45, 2.75) is 16.6 Å². The first-order valence-corrected chi connectivity index (χ1v) is 4.39. The molecule has 0 atom stereocenters. The van der Waals surface area contributed by atoms with E-state index in [2.05, 4.69) is 15.0 Å². The lowest BCUT2D eigenvalue weighted by atomic mass is 10.3. The van der Waals surface area contributed by atoms with E-state index >= 15 is 0 Å². The van der Waals surface area contributed by atoms with E-state index in [1.165, 1.54) is 12.7 Å². The summed E-state index contributed by atoms with van der Waals surface area (Å²) in [4.78, 5) is 11.4. The molecule has 1 aromatic heterocycles. The third-order valence-electron chi connectivity index (χ3n) is 1.18. The fourth-order valence-electron chi connectivity index (χ4n) is 0.646. The molecule has 0 aromatic carbocycles. The summed E-state index contributed by atoms with van der Waals surface area (Å²) in [6.45, 7) is 0. The van der Waals surface area contributed by atoms with Crippen molar-refractivity contribution in [1.82, 2.24) is 15.0 Å². The van der Waals surface area contributed by atoms with Crippen LogP contribution in [0.25, 0.3) is 0 Å². The van der Waals surface area contributed by atoms with E-state index in [1.807, 2.05) is 0 Å². The molecule has 66 valence electrons. The number of nitrogens with zero attached hydrogens (tertiary/aromatic N) is 3. The third-order valence-corrected chi connectivity index (χ3v) is 1.75. The number of rotatable bonds is 2. The first-order chi connectivity index (χ1) is 5.58. The highest BCUT2D eigenvalue weighted by Gasteiger charge is 2.19. The van der Waals surface area contributed by atoms with Crippen molar-refractivity contribution in [2.24, 2.45) is 0 Å². The van der Waals surface area contributed by atoms with Gasteiger partial charge in [0.05, 0.1) is 0 Å². The molecule has 0 saturated carbocycles. The predicted octanol–water partition coefficient (Wildman–Crippen LogP) is 2.17. The molecule has 0 spiro atoms. The van der Waals surface area contributed by atoms with Crippen LogP contribution < -0.4 is 0 Å². The second kappa shape index (κ2) is 4.21. The smallest absolute Gasteiger partial charge is 0.191 e. The van der Waals surface area contributed by atoms with Crippen molar-refractivity contribution < 1.29 is 0 Å². The van der Waals surface area contributed by atoms with Gasteiger partial charge in [-0.1, -0.05) is 34.8 Å². The number of hydrogen-bond donors (Lipinski definition) is 0. The van der Waals surface area contributed by atoms with Crippen LogP contribution in [0, 0.1) is 0 Å². The number of halogens is 3. The summed E-state index contributed by atoms with van der Waals surface area (Å²) in [5.74, 6) is 0.635. The fraction of sp³-hybridized carbons (Fsp3) is 0.500. The lowest BCUT2D eigenvalue weighted by Crippen LogP contribution is -2.06. The minimum Gasteiger partial charge on any atom is -0.225 e. The number of aromatic nitrogens is 3. The summed E-state index contributed by atoms with van der Waals surface area (Å²) in [6, 6.07) is 0. The van der Waals surface area contributed by atoms with E-state index in [0.717, 1.165) is 0 Å². The van der Waals surface area contributed by atoms with E-state index in [-0.39, 0.29) is 0 Å².